The second-order valence-corrected chi connectivity index (χ2v) is 6.52. The van der Waals surface area contributed by atoms with Gasteiger partial charge in [0.25, 0.3) is 0 Å². The van der Waals surface area contributed by atoms with Crippen LogP contribution in [0.4, 0.5) is 18.9 Å². The quantitative estimate of drug-likeness (QED) is 0.659. The molecule has 0 spiro atoms. The monoisotopic (exact) mass is 375 g/mol. The van der Waals surface area contributed by atoms with Crippen LogP contribution in [0.25, 0.3) is 0 Å². The Morgan fingerprint density at radius 1 is 1.10 bits per heavy atom. The summed E-state index contributed by atoms with van der Waals surface area (Å²) in [6, 6.07) is 12.3. The number of rotatable bonds is 4. The second kappa shape index (κ2) is 6.75. The van der Waals surface area contributed by atoms with Crippen LogP contribution in [0.3, 0.4) is 0 Å². The zero-order valence-electron chi connectivity index (χ0n) is 11.2. The molecule has 0 saturated heterocycles. The molecule has 2 rings (SSSR count). The third kappa shape index (κ3) is 5.28. The van der Waals surface area contributed by atoms with Gasteiger partial charge in [-0.1, -0.05) is 18.2 Å². The van der Waals surface area contributed by atoms with Crippen LogP contribution in [0.5, 0.6) is 0 Å². The highest BCUT2D eigenvalue weighted by Crippen LogP contribution is 2.36. The number of thioether (sulfide) groups is 1. The summed E-state index contributed by atoms with van der Waals surface area (Å²) in [4.78, 5) is 0.197. The first-order chi connectivity index (χ1) is 9.83. The molecule has 2 aromatic rings. The Kier molecular flexibility index (Phi) is 5.22. The lowest BCUT2D eigenvalue weighted by molar-refractivity contribution is -0.0328. The predicted octanol–water partition coefficient (Wildman–Crippen LogP) is 5.98. The molecular formula is C15H13BrF3NS. The van der Waals surface area contributed by atoms with E-state index in [0.29, 0.717) is 6.54 Å². The van der Waals surface area contributed by atoms with E-state index >= 15 is 0 Å². The van der Waals surface area contributed by atoms with Crippen molar-refractivity contribution in [2.75, 3.05) is 5.32 Å². The number of alkyl halides is 3. The minimum absolute atomic E-state index is 0.0999. The maximum atomic E-state index is 12.2. The summed E-state index contributed by atoms with van der Waals surface area (Å²) in [7, 11) is 0. The Balaban J connectivity index is 1.97. The van der Waals surface area contributed by atoms with Gasteiger partial charge in [0.15, 0.2) is 0 Å². The van der Waals surface area contributed by atoms with Crippen molar-refractivity contribution in [2.24, 2.45) is 0 Å². The molecule has 0 unspecified atom stereocenters. The van der Waals surface area contributed by atoms with Gasteiger partial charge < -0.3 is 5.32 Å². The molecule has 21 heavy (non-hydrogen) atoms. The number of hydrogen-bond acceptors (Lipinski definition) is 2. The molecular weight excluding hydrogens is 363 g/mol. The number of anilines is 1. The summed E-state index contributed by atoms with van der Waals surface area (Å²) in [5, 5.41) is 3.25. The minimum Gasteiger partial charge on any atom is -0.380 e. The molecule has 1 N–H and O–H groups in total. The van der Waals surface area contributed by atoms with Crippen molar-refractivity contribution in [1.82, 2.24) is 0 Å². The summed E-state index contributed by atoms with van der Waals surface area (Å²) in [6.07, 6.45) is 0. The van der Waals surface area contributed by atoms with Gasteiger partial charge in [-0.15, -0.1) is 0 Å². The van der Waals surface area contributed by atoms with Gasteiger partial charge in [0.2, 0.25) is 0 Å². The van der Waals surface area contributed by atoms with E-state index in [1.54, 1.807) is 12.1 Å². The van der Waals surface area contributed by atoms with E-state index in [9.17, 15) is 13.2 Å². The highest BCUT2D eigenvalue weighted by Gasteiger charge is 2.28. The van der Waals surface area contributed by atoms with Gasteiger partial charge in [-0.3, -0.25) is 0 Å². The maximum Gasteiger partial charge on any atom is 0.446 e. The summed E-state index contributed by atoms with van der Waals surface area (Å²) in [6.45, 7) is 2.56. The fraction of sp³-hybridized carbons (Fsp3) is 0.200. The lowest BCUT2D eigenvalue weighted by Gasteiger charge is -2.10. The Hall–Kier alpha value is -1.14. The van der Waals surface area contributed by atoms with Crippen molar-refractivity contribution in [1.29, 1.82) is 0 Å². The van der Waals surface area contributed by atoms with Crippen molar-refractivity contribution in [3.8, 4) is 0 Å². The van der Waals surface area contributed by atoms with Crippen molar-refractivity contribution >= 4 is 33.4 Å². The normalized spacial score (nSPS) is 11.5. The van der Waals surface area contributed by atoms with Gasteiger partial charge in [0, 0.05) is 21.6 Å². The van der Waals surface area contributed by atoms with Crippen LogP contribution in [0.15, 0.2) is 51.8 Å². The fourth-order valence-electron chi connectivity index (χ4n) is 1.77. The van der Waals surface area contributed by atoms with Crippen LogP contribution >= 0.6 is 27.7 Å². The van der Waals surface area contributed by atoms with Crippen LogP contribution in [-0.2, 0) is 6.54 Å². The molecule has 0 fully saturated rings. The zero-order valence-corrected chi connectivity index (χ0v) is 13.6. The molecule has 0 aromatic heterocycles. The molecule has 1 nitrogen and oxygen atoms in total. The predicted molar refractivity (Wildman–Crippen MR) is 84.6 cm³/mol. The molecule has 6 heteroatoms. The third-order valence-electron chi connectivity index (χ3n) is 2.76. The molecule has 0 aliphatic rings. The van der Waals surface area contributed by atoms with Crippen LogP contribution in [-0.4, -0.2) is 5.51 Å². The van der Waals surface area contributed by atoms with Gasteiger partial charge in [0.1, 0.15) is 0 Å². The number of halogens is 4. The molecule has 0 aliphatic heterocycles. The summed E-state index contributed by atoms with van der Waals surface area (Å²) < 4.78 is 37.7. The van der Waals surface area contributed by atoms with E-state index in [-0.39, 0.29) is 16.7 Å². The summed E-state index contributed by atoms with van der Waals surface area (Å²) in [5.41, 5.74) is -1.21. The maximum absolute atomic E-state index is 12.2. The molecule has 0 heterocycles. The smallest absolute Gasteiger partial charge is 0.380 e. The standard InChI is InChI=1S/C15H13BrF3NS/c1-10-2-7-14(13(16)8-10)20-9-11-3-5-12(6-4-11)21-15(17,18)19/h2-8,20H,9H2,1H3. The highest BCUT2D eigenvalue weighted by molar-refractivity contribution is 9.10. The molecule has 2 aromatic carbocycles. The van der Waals surface area contributed by atoms with E-state index in [1.165, 1.54) is 12.1 Å². The topological polar surface area (TPSA) is 12.0 Å². The SMILES string of the molecule is Cc1ccc(NCc2ccc(SC(F)(F)F)cc2)c(Br)c1. The van der Waals surface area contributed by atoms with E-state index in [2.05, 4.69) is 21.2 Å². The van der Waals surface area contributed by atoms with Gasteiger partial charge in [-0.2, -0.15) is 13.2 Å². The second-order valence-electron chi connectivity index (χ2n) is 4.53. The highest BCUT2D eigenvalue weighted by atomic mass is 79.9. The lowest BCUT2D eigenvalue weighted by atomic mass is 10.2. The molecule has 0 atom stereocenters. The zero-order chi connectivity index (χ0) is 15.5. The van der Waals surface area contributed by atoms with Crippen LogP contribution < -0.4 is 5.32 Å². The number of nitrogens with one attached hydrogen (secondary N) is 1. The van der Waals surface area contributed by atoms with Crippen molar-refractivity contribution in [3.05, 3.63) is 58.1 Å². The number of hydrogen-bond donors (Lipinski definition) is 1. The first kappa shape index (κ1) is 16.2. The van der Waals surface area contributed by atoms with Gasteiger partial charge in [0.05, 0.1) is 0 Å². The fourth-order valence-corrected chi connectivity index (χ4v) is 2.94. The van der Waals surface area contributed by atoms with Crippen LogP contribution in [0, 0.1) is 6.92 Å². The molecule has 0 aliphatic carbocycles. The van der Waals surface area contributed by atoms with Crippen molar-refractivity contribution in [3.63, 3.8) is 0 Å². The summed E-state index contributed by atoms with van der Waals surface area (Å²) in [5.74, 6) is 0. The lowest BCUT2D eigenvalue weighted by Crippen LogP contribution is -2.01. The minimum atomic E-state index is -4.24. The van der Waals surface area contributed by atoms with E-state index in [1.807, 2.05) is 25.1 Å². The van der Waals surface area contributed by atoms with Gasteiger partial charge in [-0.25, -0.2) is 0 Å². The van der Waals surface area contributed by atoms with E-state index in [4.69, 9.17) is 0 Å². The molecule has 0 radical (unpaired) electrons. The van der Waals surface area contributed by atoms with Gasteiger partial charge in [-0.05, 0) is 70.0 Å². The van der Waals surface area contributed by atoms with E-state index < -0.39 is 5.51 Å². The average Bonchev–Trinajstić information content (AvgIpc) is 2.38. The van der Waals surface area contributed by atoms with E-state index in [0.717, 1.165) is 21.3 Å². The Bertz CT molecular complexity index is 611. The number of benzene rings is 2. The van der Waals surface area contributed by atoms with Crippen LogP contribution in [0.1, 0.15) is 11.1 Å². The number of aryl methyl sites for hydroxylation is 1. The largest absolute Gasteiger partial charge is 0.446 e. The molecule has 0 amide bonds. The Morgan fingerprint density at radius 3 is 2.33 bits per heavy atom. The molecule has 0 saturated carbocycles. The van der Waals surface area contributed by atoms with Gasteiger partial charge >= 0.3 is 5.51 Å². The van der Waals surface area contributed by atoms with Crippen molar-refractivity contribution in [2.45, 2.75) is 23.9 Å². The third-order valence-corrected chi connectivity index (χ3v) is 4.16. The van der Waals surface area contributed by atoms with Crippen molar-refractivity contribution < 1.29 is 13.2 Å². The Labute approximate surface area is 134 Å². The first-order valence-electron chi connectivity index (χ1n) is 6.18. The Morgan fingerprint density at radius 2 is 1.76 bits per heavy atom. The average molecular weight is 376 g/mol. The van der Waals surface area contributed by atoms with Crippen LogP contribution in [0.2, 0.25) is 0 Å². The summed E-state index contributed by atoms with van der Waals surface area (Å²) >= 11 is 3.37. The molecule has 112 valence electrons. The first-order valence-corrected chi connectivity index (χ1v) is 7.79. The molecule has 0 bridgehead atoms.